The van der Waals surface area contributed by atoms with Crippen molar-refractivity contribution in [3.63, 3.8) is 0 Å². The lowest BCUT2D eigenvalue weighted by Gasteiger charge is -2.17. The van der Waals surface area contributed by atoms with Crippen LogP contribution in [0.5, 0.6) is 0 Å². The van der Waals surface area contributed by atoms with Gasteiger partial charge in [0, 0.05) is 16.5 Å². The molecular formula is C15H19NO3S. The molecule has 0 radical (unpaired) electrons. The summed E-state index contributed by atoms with van der Waals surface area (Å²) in [6.07, 6.45) is 2.55. The van der Waals surface area contributed by atoms with E-state index in [4.69, 9.17) is 5.11 Å². The van der Waals surface area contributed by atoms with Crippen molar-refractivity contribution in [2.75, 3.05) is 11.1 Å². The highest BCUT2D eigenvalue weighted by Gasteiger charge is 2.13. The molecule has 2 N–H and O–H groups in total. The van der Waals surface area contributed by atoms with Crippen LogP contribution in [0.2, 0.25) is 0 Å². The first-order valence-electron chi connectivity index (χ1n) is 6.21. The van der Waals surface area contributed by atoms with E-state index in [2.05, 4.69) is 26.1 Å². The Kier molecular flexibility index (Phi) is 5.82. The number of aliphatic carboxylic acids is 1. The molecule has 0 spiro atoms. The van der Waals surface area contributed by atoms with E-state index in [0.29, 0.717) is 11.4 Å². The average Bonchev–Trinajstić information content (AvgIpc) is 2.34. The van der Waals surface area contributed by atoms with Gasteiger partial charge in [-0.3, -0.25) is 4.79 Å². The first-order chi connectivity index (χ1) is 9.26. The van der Waals surface area contributed by atoms with Gasteiger partial charge in [0.25, 0.3) is 0 Å². The van der Waals surface area contributed by atoms with Crippen molar-refractivity contribution < 1.29 is 14.7 Å². The first-order valence-corrected chi connectivity index (χ1v) is 7.20. The van der Waals surface area contributed by atoms with E-state index in [9.17, 15) is 9.59 Å². The van der Waals surface area contributed by atoms with Gasteiger partial charge in [-0.15, -0.1) is 11.8 Å². The maximum Gasteiger partial charge on any atom is 0.328 e. The van der Waals surface area contributed by atoms with E-state index < -0.39 is 5.97 Å². The molecule has 1 rings (SSSR count). The number of rotatable bonds is 5. The second-order valence-corrected chi connectivity index (χ2v) is 7.05. The van der Waals surface area contributed by atoms with Crippen LogP contribution in [0.15, 0.2) is 30.3 Å². The highest BCUT2D eigenvalue weighted by atomic mass is 32.2. The first kappa shape index (κ1) is 16.3. The zero-order valence-electron chi connectivity index (χ0n) is 11.8. The summed E-state index contributed by atoms with van der Waals surface area (Å²) in [6.45, 7) is 6.17. The number of carbonyl (C=O) groups is 2. The molecule has 0 unspecified atom stereocenters. The number of thioether (sulfide) groups is 1. The summed E-state index contributed by atoms with van der Waals surface area (Å²) >= 11 is 1.58. The van der Waals surface area contributed by atoms with Crippen molar-refractivity contribution in [1.29, 1.82) is 0 Å². The molecule has 0 aliphatic rings. The van der Waals surface area contributed by atoms with Gasteiger partial charge < -0.3 is 10.4 Å². The SMILES string of the molecule is CC(C)(C)SCC(=O)Nc1cccc(/C=C/C(=O)O)c1. The van der Waals surface area contributed by atoms with Crippen LogP contribution in [-0.2, 0) is 9.59 Å². The second kappa shape index (κ2) is 7.14. The number of amides is 1. The minimum atomic E-state index is -0.999. The molecule has 108 valence electrons. The summed E-state index contributed by atoms with van der Waals surface area (Å²) in [5, 5.41) is 11.4. The molecule has 0 saturated carbocycles. The monoisotopic (exact) mass is 293 g/mol. The van der Waals surface area contributed by atoms with Crippen molar-refractivity contribution >= 4 is 35.4 Å². The van der Waals surface area contributed by atoms with E-state index >= 15 is 0 Å². The topological polar surface area (TPSA) is 66.4 Å². The van der Waals surface area contributed by atoms with Crippen molar-refractivity contribution in [1.82, 2.24) is 0 Å². The van der Waals surface area contributed by atoms with Gasteiger partial charge in [0.05, 0.1) is 5.75 Å². The third kappa shape index (κ3) is 6.99. The van der Waals surface area contributed by atoms with Crippen LogP contribution < -0.4 is 5.32 Å². The summed E-state index contributed by atoms with van der Waals surface area (Å²) in [5.41, 5.74) is 1.39. The largest absolute Gasteiger partial charge is 0.478 e. The van der Waals surface area contributed by atoms with Crippen molar-refractivity contribution in [2.24, 2.45) is 0 Å². The third-order valence-electron chi connectivity index (χ3n) is 2.23. The summed E-state index contributed by atoms with van der Waals surface area (Å²) in [4.78, 5) is 22.2. The summed E-state index contributed by atoms with van der Waals surface area (Å²) in [6, 6.07) is 7.06. The Labute approximate surface area is 123 Å². The van der Waals surface area contributed by atoms with Gasteiger partial charge in [0.1, 0.15) is 0 Å². The van der Waals surface area contributed by atoms with Crippen LogP contribution >= 0.6 is 11.8 Å². The molecule has 1 aromatic rings. The Hall–Kier alpha value is -1.75. The molecule has 1 aromatic carbocycles. The predicted molar refractivity (Wildman–Crippen MR) is 84.0 cm³/mol. The lowest BCUT2D eigenvalue weighted by atomic mass is 10.2. The van der Waals surface area contributed by atoms with Crippen LogP contribution in [0, 0.1) is 0 Å². The Balaban J connectivity index is 2.62. The molecule has 0 atom stereocenters. The zero-order chi connectivity index (χ0) is 15.2. The standard InChI is InChI=1S/C15H19NO3S/c1-15(2,3)20-10-13(17)16-12-6-4-5-11(9-12)7-8-14(18)19/h4-9H,10H2,1-3H3,(H,16,17)(H,18,19)/b8-7+. The molecule has 0 aliphatic carbocycles. The van der Waals surface area contributed by atoms with E-state index in [1.807, 2.05) is 0 Å². The maximum atomic E-state index is 11.8. The van der Waals surface area contributed by atoms with Crippen molar-refractivity contribution in [3.8, 4) is 0 Å². The van der Waals surface area contributed by atoms with Gasteiger partial charge in [0.2, 0.25) is 5.91 Å². The molecule has 0 aromatic heterocycles. The number of carboxylic acids is 1. The zero-order valence-corrected chi connectivity index (χ0v) is 12.7. The molecular weight excluding hydrogens is 274 g/mol. The number of carboxylic acid groups (broad SMARTS) is 1. The van der Waals surface area contributed by atoms with Gasteiger partial charge in [-0.05, 0) is 23.8 Å². The fourth-order valence-electron chi connectivity index (χ4n) is 1.37. The normalized spacial score (nSPS) is 11.6. The molecule has 5 heteroatoms. The molecule has 1 amide bonds. The van der Waals surface area contributed by atoms with Gasteiger partial charge in [0.15, 0.2) is 0 Å². The van der Waals surface area contributed by atoms with Crippen LogP contribution in [0.3, 0.4) is 0 Å². The van der Waals surface area contributed by atoms with Crippen LogP contribution in [0.25, 0.3) is 6.08 Å². The van der Waals surface area contributed by atoms with E-state index in [-0.39, 0.29) is 10.7 Å². The van der Waals surface area contributed by atoms with Gasteiger partial charge in [-0.25, -0.2) is 4.79 Å². The summed E-state index contributed by atoms with van der Waals surface area (Å²) in [7, 11) is 0. The number of anilines is 1. The molecule has 0 heterocycles. The highest BCUT2D eigenvalue weighted by Crippen LogP contribution is 2.23. The lowest BCUT2D eigenvalue weighted by molar-refractivity contribution is -0.131. The van der Waals surface area contributed by atoms with E-state index in [0.717, 1.165) is 11.6 Å². The van der Waals surface area contributed by atoms with Crippen molar-refractivity contribution in [3.05, 3.63) is 35.9 Å². The number of nitrogens with one attached hydrogen (secondary N) is 1. The Morgan fingerprint density at radius 1 is 1.35 bits per heavy atom. The Morgan fingerprint density at radius 2 is 2.05 bits per heavy atom. The molecule has 20 heavy (non-hydrogen) atoms. The molecule has 0 saturated heterocycles. The maximum absolute atomic E-state index is 11.8. The second-order valence-electron chi connectivity index (χ2n) is 5.25. The van der Waals surface area contributed by atoms with Gasteiger partial charge >= 0.3 is 5.97 Å². The van der Waals surface area contributed by atoms with Crippen LogP contribution in [-0.4, -0.2) is 27.5 Å². The fourth-order valence-corrected chi connectivity index (χ4v) is 2.00. The summed E-state index contributed by atoms with van der Waals surface area (Å²) < 4.78 is 0.0451. The molecule has 4 nitrogen and oxygen atoms in total. The van der Waals surface area contributed by atoms with Crippen LogP contribution in [0.1, 0.15) is 26.3 Å². The Morgan fingerprint density at radius 3 is 2.65 bits per heavy atom. The number of benzene rings is 1. The quantitative estimate of drug-likeness (QED) is 0.818. The third-order valence-corrected chi connectivity index (χ3v) is 3.50. The molecule has 0 fully saturated rings. The number of hydrogen-bond acceptors (Lipinski definition) is 3. The van der Waals surface area contributed by atoms with E-state index in [1.54, 1.807) is 36.0 Å². The highest BCUT2D eigenvalue weighted by molar-refractivity contribution is 8.01. The van der Waals surface area contributed by atoms with Gasteiger partial charge in [-0.1, -0.05) is 32.9 Å². The Bertz CT molecular complexity index is 518. The lowest BCUT2D eigenvalue weighted by Crippen LogP contribution is -2.18. The van der Waals surface area contributed by atoms with Crippen molar-refractivity contribution in [2.45, 2.75) is 25.5 Å². The van der Waals surface area contributed by atoms with Crippen LogP contribution in [0.4, 0.5) is 5.69 Å². The number of carbonyl (C=O) groups excluding carboxylic acids is 1. The van der Waals surface area contributed by atoms with Gasteiger partial charge in [-0.2, -0.15) is 0 Å². The predicted octanol–water partition coefficient (Wildman–Crippen LogP) is 3.25. The minimum absolute atomic E-state index is 0.0451. The number of hydrogen-bond donors (Lipinski definition) is 2. The fraction of sp³-hybridized carbons (Fsp3) is 0.333. The molecule has 0 bridgehead atoms. The smallest absolute Gasteiger partial charge is 0.328 e. The molecule has 0 aliphatic heterocycles. The minimum Gasteiger partial charge on any atom is -0.478 e. The summed E-state index contributed by atoms with van der Waals surface area (Å²) in [5.74, 6) is -0.677. The average molecular weight is 293 g/mol. The van der Waals surface area contributed by atoms with E-state index in [1.165, 1.54) is 6.08 Å².